The second-order valence-corrected chi connectivity index (χ2v) is 6.48. The van der Waals surface area contributed by atoms with E-state index in [1.54, 1.807) is 11.1 Å². The normalized spacial score (nSPS) is 26.4. The van der Waals surface area contributed by atoms with E-state index in [1.807, 2.05) is 0 Å². The van der Waals surface area contributed by atoms with Crippen molar-refractivity contribution >= 4 is 0 Å². The van der Waals surface area contributed by atoms with Crippen LogP contribution in [0.4, 0.5) is 0 Å². The van der Waals surface area contributed by atoms with E-state index in [2.05, 4.69) is 30.4 Å². The van der Waals surface area contributed by atoms with Gasteiger partial charge >= 0.3 is 0 Å². The second kappa shape index (κ2) is 6.09. The van der Waals surface area contributed by atoms with E-state index >= 15 is 0 Å². The van der Waals surface area contributed by atoms with E-state index in [-0.39, 0.29) is 0 Å². The van der Waals surface area contributed by atoms with Gasteiger partial charge in [-0.25, -0.2) is 0 Å². The Hall–Kier alpha value is -0.820. The highest BCUT2D eigenvalue weighted by Crippen LogP contribution is 2.27. The maximum atomic E-state index is 3.79. The summed E-state index contributed by atoms with van der Waals surface area (Å²) in [6.07, 6.45) is 10.9. The molecule has 104 valence electrons. The Labute approximate surface area is 117 Å². The topological polar surface area (TPSA) is 12.0 Å². The largest absolute Gasteiger partial charge is 0.310 e. The molecule has 2 aliphatic rings. The van der Waals surface area contributed by atoms with E-state index in [1.165, 1.54) is 56.9 Å². The van der Waals surface area contributed by atoms with Crippen LogP contribution in [0.5, 0.6) is 0 Å². The molecular formula is C18H27N. The third kappa shape index (κ3) is 3.20. The standard InChI is InChI=1S/C18H27N/c1-2-14-5-3-8-18(12-14)19-13-15-9-10-16-6-4-7-17(16)11-15/h9-11,14,18-19H,2-8,12-13H2,1H3. The number of benzene rings is 1. The van der Waals surface area contributed by atoms with Crippen LogP contribution in [0.2, 0.25) is 0 Å². The monoisotopic (exact) mass is 257 g/mol. The maximum absolute atomic E-state index is 3.79. The fourth-order valence-electron chi connectivity index (χ4n) is 3.84. The van der Waals surface area contributed by atoms with Gasteiger partial charge in [-0.2, -0.15) is 0 Å². The van der Waals surface area contributed by atoms with E-state index < -0.39 is 0 Å². The summed E-state index contributed by atoms with van der Waals surface area (Å²) >= 11 is 0. The van der Waals surface area contributed by atoms with E-state index in [9.17, 15) is 0 Å². The smallest absolute Gasteiger partial charge is 0.0208 e. The summed E-state index contributed by atoms with van der Waals surface area (Å²) in [5.41, 5.74) is 4.68. The van der Waals surface area contributed by atoms with Gasteiger partial charge < -0.3 is 5.32 Å². The molecule has 0 radical (unpaired) electrons. The number of hydrogen-bond donors (Lipinski definition) is 1. The molecule has 0 aliphatic heterocycles. The Morgan fingerprint density at radius 3 is 2.89 bits per heavy atom. The highest BCUT2D eigenvalue weighted by atomic mass is 14.9. The first-order valence-electron chi connectivity index (χ1n) is 8.19. The predicted octanol–water partition coefficient (Wildman–Crippen LogP) is 4.23. The lowest BCUT2D eigenvalue weighted by Gasteiger charge is -2.29. The molecule has 1 N–H and O–H groups in total. The molecule has 0 bridgehead atoms. The number of nitrogens with one attached hydrogen (secondary N) is 1. The molecule has 1 aromatic rings. The van der Waals surface area contributed by atoms with Gasteiger partial charge in [0.15, 0.2) is 0 Å². The highest BCUT2D eigenvalue weighted by Gasteiger charge is 2.20. The number of fused-ring (bicyclic) bond motifs is 1. The molecule has 2 atom stereocenters. The molecule has 0 saturated heterocycles. The molecule has 1 fully saturated rings. The summed E-state index contributed by atoms with van der Waals surface area (Å²) in [6, 6.07) is 7.88. The summed E-state index contributed by atoms with van der Waals surface area (Å²) in [5, 5.41) is 3.79. The average Bonchev–Trinajstić information content (AvgIpc) is 2.93. The quantitative estimate of drug-likeness (QED) is 0.851. The Kier molecular flexibility index (Phi) is 4.22. The van der Waals surface area contributed by atoms with E-state index in [0.29, 0.717) is 0 Å². The molecule has 2 unspecified atom stereocenters. The zero-order chi connectivity index (χ0) is 13.1. The lowest BCUT2D eigenvalue weighted by Crippen LogP contribution is -2.33. The zero-order valence-electron chi connectivity index (χ0n) is 12.3. The Balaban J connectivity index is 1.54. The molecule has 2 aliphatic carbocycles. The van der Waals surface area contributed by atoms with Gasteiger partial charge in [-0.1, -0.05) is 44.4 Å². The second-order valence-electron chi connectivity index (χ2n) is 6.48. The molecule has 1 nitrogen and oxygen atoms in total. The van der Waals surface area contributed by atoms with Crippen molar-refractivity contribution in [2.75, 3.05) is 0 Å². The van der Waals surface area contributed by atoms with Crippen molar-refractivity contribution in [3.8, 4) is 0 Å². The third-order valence-corrected chi connectivity index (χ3v) is 5.12. The molecule has 1 aromatic carbocycles. The van der Waals surface area contributed by atoms with Crippen LogP contribution in [-0.2, 0) is 19.4 Å². The number of aryl methyl sites for hydroxylation is 2. The highest BCUT2D eigenvalue weighted by molar-refractivity contribution is 5.35. The molecule has 0 heterocycles. The summed E-state index contributed by atoms with van der Waals surface area (Å²) in [7, 11) is 0. The van der Waals surface area contributed by atoms with Crippen LogP contribution in [-0.4, -0.2) is 6.04 Å². The van der Waals surface area contributed by atoms with Gasteiger partial charge in [-0.15, -0.1) is 0 Å². The Bertz CT molecular complexity index is 424. The van der Waals surface area contributed by atoms with E-state index in [4.69, 9.17) is 0 Å². The molecule has 1 heteroatoms. The average molecular weight is 257 g/mol. The third-order valence-electron chi connectivity index (χ3n) is 5.12. The van der Waals surface area contributed by atoms with Crippen LogP contribution < -0.4 is 5.32 Å². The van der Waals surface area contributed by atoms with Gasteiger partial charge in [0.05, 0.1) is 0 Å². The van der Waals surface area contributed by atoms with Crippen LogP contribution in [0, 0.1) is 5.92 Å². The molecule has 19 heavy (non-hydrogen) atoms. The van der Waals surface area contributed by atoms with Gasteiger partial charge in [0, 0.05) is 12.6 Å². The van der Waals surface area contributed by atoms with Gasteiger partial charge in [0.1, 0.15) is 0 Å². The summed E-state index contributed by atoms with van der Waals surface area (Å²) < 4.78 is 0. The molecule has 0 aromatic heterocycles. The van der Waals surface area contributed by atoms with Crippen LogP contribution >= 0.6 is 0 Å². The lowest BCUT2D eigenvalue weighted by atomic mass is 9.84. The number of rotatable bonds is 4. The number of hydrogen-bond acceptors (Lipinski definition) is 1. The van der Waals surface area contributed by atoms with Crippen LogP contribution in [0.1, 0.15) is 62.1 Å². The van der Waals surface area contributed by atoms with Crippen molar-refractivity contribution in [1.29, 1.82) is 0 Å². The van der Waals surface area contributed by atoms with Crippen molar-refractivity contribution < 1.29 is 0 Å². The fraction of sp³-hybridized carbons (Fsp3) is 0.667. The lowest BCUT2D eigenvalue weighted by molar-refractivity contribution is 0.278. The maximum Gasteiger partial charge on any atom is 0.0208 e. The zero-order valence-corrected chi connectivity index (χ0v) is 12.3. The van der Waals surface area contributed by atoms with Gasteiger partial charge in [-0.3, -0.25) is 0 Å². The van der Waals surface area contributed by atoms with Crippen molar-refractivity contribution in [3.05, 3.63) is 34.9 Å². The Morgan fingerprint density at radius 2 is 2.00 bits per heavy atom. The SMILES string of the molecule is CCC1CCCC(NCc2ccc3c(c2)CCC3)C1. The van der Waals surface area contributed by atoms with Gasteiger partial charge in [0.2, 0.25) is 0 Å². The van der Waals surface area contributed by atoms with Crippen molar-refractivity contribution in [2.24, 2.45) is 5.92 Å². The molecule has 0 spiro atoms. The van der Waals surface area contributed by atoms with Crippen molar-refractivity contribution in [3.63, 3.8) is 0 Å². The fourth-order valence-corrected chi connectivity index (χ4v) is 3.84. The summed E-state index contributed by atoms with van der Waals surface area (Å²) in [4.78, 5) is 0. The first-order chi connectivity index (χ1) is 9.35. The molecule has 3 rings (SSSR count). The minimum atomic E-state index is 0.756. The van der Waals surface area contributed by atoms with Crippen LogP contribution in [0.3, 0.4) is 0 Å². The summed E-state index contributed by atoms with van der Waals surface area (Å²) in [5.74, 6) is 0.964. The van der Waals surface area contributed by atoms with Crippen molar-refractivity contribution in [1.82, 2.24) is 5.32 Å². The van der Waals surface area contributed by atoms with Crippen LogP contribution in [0.25, 0.3) is 0 Å². The first-order valence-corrected chi connectivity index (χ1v) is 8.19. The van der Waals surface area contributed by atoms with Gasteiger partial charge in [-0.05, 0) is 54.7 Å². The molecule has 1 saturated carbocycles. The van der Waals surface area contributed by atoms with E-state index in [0.717, 1.165) is 18.5 Å². The predicted molar refractivity (Wildman–Crippen MR) is 81.3 cm³/mol. The Morgan fingerprint density at radius 1 is 1.11 bits per heavy atom. The molecular weight excluding hydrogens is 230 g/mol. The van der Waals surface area contributed by atoms with Crippen molar-refractivity contribution in [2.45, 2.75) is 70.9 Å². The minimum absolute atomic E-state index is 0.756. The van der Waals surface area contributed by atoms with Crippen LogP contribution in [0.15, 0.2) is 18.2 Å². The molecule has 0 amide bonds. The van der Waals surface area contributed by atoms with Gasteiger partial charge in [0.25, 0.3) is 0 Å². The summed E-state index contributed by atoms with van der Waals surface area (Å²) in [6.45, 7) is 3.40. The minimum Gasteiger partial charge on any atom is -0.310 e. The first kappa shape index (κ1) is 13.2.